The number of Topliss-reactive ketones (excluding diaryl/α,β-unsaturated/α-hetero) is 1. The highest BCUT2D eigenvalue weighted by Gasteiger charge is 2.48. The summed E-state index contributed by atoms with van der Waals surface area (Å²) in [5, 5.41) is 0. The number of hydrogen-bond acceptors (Lipinski definition) is 2. The lowest BCUT2D eigenvalue weighted by Crippen LogP contribution is -2.34. The monoisotopic (exact) mass is 266 g/mol. The number of carbonyl (C=O) groups excluding carboxylic acids is 1. The largest absolute Gasteiger partial charge is 0.369 e. The Bertz CT molecular complexity index is 324. The van der Waals surface area contributed by atoms with Crippen LogP contribution in [0.4, 0.5) is 0 Å². The van der Waals surface area contributed by atoms with Gasteiger partial charge in [0.25, 0.3) is 0 Å². The lowest BCUT2D eigenvalue weighted by molar-refractivity contribution is -0.129. The normalized spacial score (nSPS) is 30.4. The second kappa shape index (κ2) is 5.55. The predicted octanol–water partition coefficient (Wildman–Crippen LogP) is 4.51. The maximum Gasteiger partial charge on any atom is 0.138 e. The Morgan fingerprint density at radius 3 is 2.26 bits per heavy atom. The summed E-state index contributed by atoms with van der Waals surface area (Å²) in [6, 6.07) is 0. The Morgan fingerprint density at radius 2 is 1.74 bits per heavy atom. The maximum atomic E-state index is 12.5. The first kappa shape index (κ1) is 15.0. The van der Waals surface area contributed by atoms with Gasteiger partial charge in [0.15, 0.2) is 0 Å². The van der Waals surface area contributed by atoms with Gasteiger partial charge in [-0.15, -0.1) is 0 Å². The third-order valence-corrected chi connectivity index (χ3v) is 4.99. The van der Waals surface area contributed by atoms with Crippen molar-refractivity contribution in [2.24, 2.45) is 11.8 Å². The van der Waals surface area contributed by atoms with Gasteiger partial charge in [-0.3, -0.25) is 4.79 Å². The maximum absolute atomic E-state index is 12.5. The molecule has 2 heteroatoms. The van der Waals surface area contributed by atoms with E-state index in [9.17, 15) is 4.79 Å². The standard InChI is InChI=1S/C17H30O2/c1-16(2)12-14(17(3,4)19-16)15(18)11-10-13-8-6-5-7-9-13/h13-14H,5-12H2,1-4H3. The van der Waals surface area contributed by atoms with E-state index < -0.39 is 0 Å². The lowest BCUT2D eigenvalue weighted by Gasteiger charge is -2.27. The van der Waals surface area contributed by atoms with E-state index in [2.05, 4.69) is 27.7 Å². The molecule has 0 aromatic carbocycles. The van der Waals surface area contributed by atoms with Gasteiger partial charge < -0.3 is 4.74 Å². The number of hydrogen-bond donors (Lipinski definition) is 0. The highest BCUT2D eigenvalue weighted by molar-refractivity contribution is 5.82. The van der Waals surface area contributed by atoms with E-state index in [-0.39, 0.29) is 17.1 Å². The van der Waals surface area contributed by atoms with Crippen LogP contribution in [0.2, 0.25) is 0 Å². The summed E-state index contributed by atoms with van der Waals surface area (Å²) in [4.78, 5) is 12.5. The fraction of sp³-hybridized carbons (Fsp3) is 0.941. The smallest absolute Gasteiger partial charge is 0.138 e. The van der Waals surface area contributed by atoms with E-state index in [1.54, 1.807) is 0 Å². The van der Waals surface area contributed by atoms with Crippen molar-refractivity contribution in [3.05, 3.63) is 0 Å². The molecule has 1 saturated heterocycles. The highest BCUT2D eigenvalue weighted by atomic mass is 16.5. The van der Waals surface area contributed by atoms with Crippen LogP contribution in [-0.2, 0) is 9.53 Å². The topological polar surface area (TPSA) is 26.3 Å². The minimum absolute atomic E-state index is 0.0890. The van der Waals surface area contributed by atoms with Crippen molar-refractivity contribution in [1.82, 2.24) is 0 Å². The van der Waals surface area contributed by atoms with Gasteiger partial charge >= 0.3 is 0 Å². The molecule has 1 aliphatic carbocycles. The van der Waals surface area contributed by atoms with Crippen molar-refractivity contribution >= 4 is 5.78 Å². The molecule has 2 aliphatic rings. The lowest BCUT2D eigenvalue weighted by atomic mass is 9.80. The Morgan fingerprint density at radius 1 is 1.11 bits per heavy atom. The van der Waals surface area contributed by atoms with Gasteiger partial charge in [-0.05, 0) is 46.5 Å². The molecule has 2 rings (SSSR count). The number of carbonyl (C=O) groups is 1. The van der Waals surface area contributed by atoms with E-state index in [1.165, 1.54) is 32.1 Å². The quantitative estimate of drug-likeness (QED) is 0.748. The molecule has 1 saturated carbocycles. The average molecular weight is 266 g/mol. The number of rotatable bonds is 4. The van der Waals surface area contributed by atoms with Crippen molar-refractivity contribution in [3.8, 4) is 0 Å². The first-order valence-electron chi connectivity index (χ1n) is 8.03. The molecule has 0 aromatic heterocycles. The molecule has 1 atom stereocenters. The SMILES string of the molecule is CC1(C)CC(C(=O)CCC2CCCCC2)C(C)(C)O1. The molecule has 0 radical (unpaired) electrons. The minimum Gasteiger partial charge on any atom is -0.369 e. The van der Waals surface area contributed by atoms with Crippen molar-refractivity contribution in [1.29, 1.82) is 0 Å². The summed E-state index contributed by atoms with van der Waals surface area (Å²) >= 11 is 0. The van der Waals surface area contributed by atoms with E-state index in [0.717, 1.165) is 25.2 Å². The van der Waals surface area contributed by atoms with E-state index in [0.29, 0.717) is 5.78 Å². The first-order valence-corrected chi connectivity index (χ1v) is 8.03. The summed E-state index contributed by atoms with van der Waals surface area (Å²) in [6.07, 6.45) is 9.54. The third kappa shape index (κ3) is 3.81. The molecule has 0 bridgehead atoms. The molecule has 19 heavy (non-hydrogen) atoms. The fourth-order valence-electron chi connectivity index (χ4n) is 4.06. The molecule has 1 aliphatic heterocycles. The summed E-state index contributed by atoms with van der Waals surface area (Å²) in [6.45, 7) is 8.35. The van der Waals surface area contributed by atoms with Crippen LogP contribution in [0, 0.1) is 11.8 Å². The first-order chi connectivity index (χ1) is 8.80. The molecule has 1 unspecified atom stereocenters. The van der Waals surface area contributed by atoms with Gasteiger partial charge in [0, 0.05) is 12.3 Å². The van der Waals surface area contributed by atoms with Crippen molar-refractivity contribution < 1.29 is 9.53 Å². The summed E-state index contributed by atoms with van der Waals surface area (Å²) in [7, 11) is 0. The van der Waals surface area contributed by atoms with Gasteiger partial charge in [0.05, 0.1) is 11.2 Å². The summed E-state index contributed by atoms with van der Waals surface area (Å²) in [5.74, 6) is 1.32. The highest BCUT2D eigenvalue weighted by Crippen LogP contribution is 2.43. The second-order valence-corrected chi connectivity index (χ2v) is 7.73. The fourth-order valence-corrected chi connectivity index (χ4v) is 4.06. The van der Waals surface area contributed by atoms with Gasteiger partial charge in [-0.2, -0.15) is 0 Å². The van der Waals surface area contributed by atoms with Crippen molar-refractivity contribution in [2.45, 2.75) is 90.3 Å². The molecule has 0 aromatic rings. The van der Waals surface area contributed by atoms with Crippen molar-refractivity contribution in [3.63, 3.8) is 0 Å². The Kier molecular flexibility index (Phi) is 4.39. The van der Waals surface area contributed by atoms with E-state index >= 15 is 0 Å². The average Bonchev–Trinajstić information content (AvgIpc) is 2.56. The molecule has 0 amide bonds. The van der Waals surface area contributed by atoms with Crippen LogP contribution in [0.15, 0.2) is 0 Å². The van der Waals surface area contributed by atoms with Gasteiger partial charge in [0.2, 0.25) is 0 Å². The van der Waals surface area contributed by atoms with Gasteiger partial charge in [-0.1, -0.05) is 32.1 Å². The zero-order valence-corrected chi connectivity index (χ0v) is 13.1. The summed E-state index contributed by atoms with van der Waals surface area (Å²) in [5.41, 5.74) is -0.429. The molecule has 0 spiro atoms. The zero-order chi connectivity index (χ0) is 14.1. The van der Waals surface area contributed by atoms with Gasteiger partial charge in [0.1, 0.15) is 5.78 Å². The molecule has 1 heterocycles. The van der Waals surface area contributed by atoms with Crippen LogP contribution >= 0.6 is 0 Å². The summed E-state index contributed by atoms with van der Waals surface area (Å²) < 4.78 is 6.04. The van der Waals surface area contributed by atoms with Crippen LogP contribution in [0.5, 0.6) is 0 Å². The minimum atomic E-state index is -0.285. The predicted molar refractivity (Wildman–Crippen MR) is 78.2 cm³/mol. The number of ether oxygens (including phenoxy) is 1. The number of ketones is 1. The van der Waals surface area contributed by atoms with Crippen LogP contribution in [-0.4, -0.2) is 17.0 Å². The molecule has 110 valence electrons. The second-order valence-electron chi connectivity index (χ2n) is 7.73. The third-order valence-electron chi connectivity index (χ3n) is 4.99. The van der Waals surface area contributed by atoms with Crippen molar-refractivity contribution in [2.75, 3.05) is 0 Å². The Labute approximate surface area is 118 Å². The van der Waals surface area contributed by atoms with Crippen LogP contribution < -0.4 is 0 Å². The van der Waals surface area contributed by atoms with E-state index in [4.69, 9.17) is 4.74 Å². The molecular formula is C17H30O2. The molecular weight excluding hydrogens is 236 g/mol. The van der Waals surface area contributed by atoms with E-state index in [1.807, 2.05) is 0 Å². The van der Waals surface area contributed by atoms with Gasteiger partial charge in [-0.25, -0.2) is 0 Å². The molecule has 0 N–H and O–H groups in total. The van der Waals surface area contributed by atoms with Crippen LogP contribution in [0.1, 0.15) is 79.1 Å². The van der Waals surface area contributed by atoms with Crippen LogP contribution in [0.25, 0.3) is 0 Å². The Balaban J connectivity index is 1.85. The molecule has 2 fully saturated rings. The molecule has 2 nitrogen and oxygen atoms in total. The Hall–Kier alpha value is -0.370. The zero-order valence-electron chi connectivity index (χ0n) is 13.1. The van der Waals surface area contributed by atoms with Crippen LogP contribution in [0.3, 0.4) is 0 Å².